The van der Waals surface area contributed by atoms with E-state index in [4.69, 9.17) is 4.74 Å². The zero-order chi connectivity index (χ0) is 21.2. The Hall–Kier alpha value is -2.82. The lowest BCUT2D eigenvalue weighted by molar-refractivity contribution is -0.156. The summed E-state index contributed by atoms with van der Waals surface area (Å²) in [7, 11) is 0. The molecule has 8 nitrogen and oxygen atoms in total. The molecule has 0 atom stereocenters. The maximum Gasteiger partial charge on any atom is 0.406 e. The van der Waals surface area contributed by atoms with E-state index in [0.29, 0.717) is 37.7 Å². The van der Waals surface area contributed by atoms with Gasteiger partial charge in [0.1, 0.15) is 12.3 Å². The Bertz CT molecular complexity index is 794. The molecule has 158 valence electrons. The number of anilines is 1. The van der Waals surface area contributed by atoms with Gasteiger partial charge in [-0.15, -0.1) is 0 Å². The van der Waals surface area contributed by atoms with Gasteiger partial charge in [0.2, 0.25) is 0 Å². The van der Waals surface area contributed by atoms with E-state index >= 15 is 0 Å². The smallest absolute Gasteiger partial charge is 0.406 e. The molecular formula is C18H21F3N4O4. The van der Waals surface area contributed by atoms with Crippen LogP contribution in [-0.4, -0.2) is 84.7 Å². The SMILES string of the molecule is CCOc1ccccc1N1CCN(CN2C(=O)C(=O)N(CC(F)(F)F)C2=O)CC1. The largest absolute Gasteiger partial charge is 0.492 e. The number of halogens is 3. The molecule has 0 unspecified atom stereocenters. The van der Waals surface area contributed by atoms with E-state index in [9.17, 15) is 27.6 Å². The molecule has 0 saturated carbocycles. The van der Waals surface area contributed by atoms with Crippen LogP contribution < -0.4 is 9.64 Å². The van der Waals surface area contributed by atoms with E-state index in [2.05, 4.69) is 4.90 Å². The van der Waals surface area contributed by atoms with Crippen LogP contribution >= 0.6 is 0 Å². The molecule has 0 N–H and O–H groups in total. The fraction of sp³-hybridized carbons (Fsp3) is 0.500. The minimum atomic E-state index is -4.76. The molecule has 1 aromatic carbocycles. The number of hydrogen-bond donors (Lipinski definition) is 0. The monoisotopic (exact) mass is 414 g/mol. The van der Waals surface area contributed by atoms with Crippen LogP contribution in [0.15, 0.2) is 24.3 Å². The normalized spacial score (nSPS) is 18.8. The Morgan fingerprint density at radius 2 is 1.59 bits per heavy atom. The number of rotatable bonds is 6. The van der Waals surface area contributed by atoms with Crippen molar-refractivity contribution in [3.8, 4) is 5.75 Å². The summed E-state index contributed by atoms with van der Waals surface area (Å²) in [4.78, 5) is 40.2. The molecule has 0 bridgehead atoms. The van der Waals surface area contributed by atoms with Gasteiger partial charge in [-0.3, -0.25) is 14.5 Å². The third-order valence-electron chi connectivity index (χ3n) is 4.69. The van der Waals surface area contributed by atoms with Crippen molar-refractivity contribution in [3.63, 3.8) is 0 Å². The van der Waals surface area contributed by atoms with Crippen molar-refractivity contribution in [2.24, 2.45) is 0 Å². The lowest BCUT2D eigenvalue weighted by atomic mass is 10.2. The lowest BCUT2D eigenvalue weighted by Crippen LogP contribution is -2.51. The molecule has 0 aliphatic carbocycles. The minimum absolute atomic E-state index is 0.0586. The molecule has 1 aromatic rings. The van der Waals surface area contributed by atoms with Crippen molar-refractivity contribution in [1.82, 2.24) is 14.7 Å². The Morgan fingerprint density at radius 1 is 0.966 bits per heavy atom. The fourth-order valence-electron chi connectivity index (χ4n) is 3.32. The van der Waals surface area contributed by atoms with Crippen LogP contribution in [0, 0.1) is 0 Å². The number of urea groups is 1. The highest BCUT2D eigenvalue weighted by Gasteiger charge is 2.49. The molecule has 0 spiro atoms. The van der Waals surface area contributed by atoms with Gasteiger partial charge in [0.25, 0.3) is 0 Å². The molecule has 2 saturated heterocycles. The van der Waals surface area contributed by atoms with E-state index in [1.165, 1.54) is 0 Å². The number of hydrogen-bond acceptors (Lipinski definition) is 6. The number of alkyl halides is 3. The van der Waals surface area contributed by atoms with Crippen molar-refractivity contribution >= 4 is 23.5 Å². The van der Waals surface area contributed by atoms with Gasteiger partial charge in [0.15, 0.2) is 0 Å². The first kappa shape index (κ1) is 20.9. The number of ether oxygens (including phenoxy) is 1. The highest BCUT2D eigenvalue weighted by atomic mass is 19.4. The van der Waals surface area contributed by atoms with E-state index in [1.54, 1.807) is 4.90 Å². The van der Waals surface area contributed by atoms with Gasteiger partial charge in [-0.25, -0.2) is 14.6 Å². The van der Waals surface area contributed by atoms with E-state index in [0.717, 1.165) is 11.4 Å². The topological polar surface area (TPSA) is 73.4 Å². The summed E-state index contributed by atoms with van der Waals surface area (Å²) in [5, 5.41) is 0. The van der Waals surface area contributed by atoms with Crippen LogP contribution in [0.4, 0.5) is 23.7 Å². The summed E-state index contributed by atoms with van der Waals surface area (Å²) in [6.07, 6.45) is -4.76. The van der Waals surface area contributed by atoms with Crippen molar-refractivity contribution in [2.45, 2.75) is 13.1 Å². The molecule has 11 heteroatoms. The van der Waals surface area contributed by atoms with Crippen LogP contribution in [0.25, 0.3) is 0 Å². The van der Waals surface area contributed by atoms with Crippen molar-refractivity contribution < 1.29 is 32.3 Å². The Kier molecular flexibility index (Phi) is 5.96. The Morgan fingerprint density at radius 3 is 2.21 bits per heavy atom. The lowest BCUT2D eigenvalue weighted by Gasteiger charge is -2.37. The van der Waals surface area contributed by atoms with Gasteiger partial charge >= 0.3 is 24.0 Å². The summed E-state index contributed by atoms with van der Waals surface area (Å²) in [5.74, 6) is -1.93. The fourth-order valence-corrected chi connectivity index (χ4v) is 3.32. The molecule has 3 rings (SSSR count). The molecule has 0 aromatic heterocycles. The number of para-hydroxylation sites is 2. The summed E-state index contributed by atoms with van der Waals surface area (Å²) >= 11 is 0. The second-order valence-corrected chi connectivity index (χ2v) is 6.67. The van der Waals surface area contributed by atoms with Crippen molar-refractivity contribution in [2.75, 3.05) is 50.9 Å². The van der Waals surface area contributed by atoms with Crippen molar-refractivity contribution in [1.29, 1.82) is 0 Å². The standard InChI is InChI=1S/C18H21F3N4O4/c1-2-29-14-6-4-3-5-13(14)23-9-7-22(8-10-23)12-25-16(27)15(26)24(17(25)28)11-18(19,20)21/h3-6H,2,7-12H2,1H3. The Balaban J connectivity index is 1.60. The summed E-state index contributed by atoms with van der Waals surface area (Å²) in [5.41, 5.74) is 0.925. The quantitative estimate of drug-likeness (QED) is 0.519. The van der Waals surface area contributed by atoms with Crippen LogP contribution in [0.1, 0.15) is 6.92 Å². The third-order valence-corrected chi connectivity index (χ3v) is 4.69. The first-order valence-electron chi connectivity index (χ1n) is 9.14. The number of carbonyl (C=O) groups is 3. The van der Waals surface area contributed by atoms with Gasteiger partial charge in [0.05, 0.1) is 19.0 Å². The molecular weight excluding hydrogens is 393 g/mol. The van der Waals surface area contributed by atoms with Gasteiger partial charge in [-0.05, 0) is 19.1 Å². The number of carbonyl (C=O) groups excluding carboxylic acids is 3. The number of benzene rings is 1. The van der Waals surface area contributed by atoms with E-state index in [1.807, 2.05) is 31.2 Å². The second kappa shape index (κ2) is 8.27. The van der Waals surface area contributed by atoms with Crippen LogP contribution in [0.5, 0.6) is 5.75 Å². The van der Waals surface area contributed by atoms with Crippen LogP contribution in [0.3, 0.4) is 0 Å². The molecule has 2 fully saturated rings. The van der Waals surface area contributed by atoms with Gasteiger partial charge in [0, 0.05) is 26.2 Å². The van der Waals surface area contributed by atoms with E-state index < -0.39 is 30.6 Å². The molecule has 0 radical (unpaired) electrons. The first-order valence-corrected chi connectivity index (χ1v) is 9.14. The molecule has 2 aliphatic rings. The van der Waals surface area contributed by atoms with Gasteiger partial charge < -0.3 is 9.64 Å². The number of amides is 4. The first-order chi connectivity index (χ1) is 13.7. The second-order valence-electron chi connectivity index (χ2n) is 6.67. The average molecular weight is 414 g/mol. The zero-order valence-electron chi connectivity index (χ0n) is 15.8. The summed E-state index contributed by atoms with van der Waals surface area (Å²) in [6, 6.07) is 6.34. The van der Waals surface area contributed by atoms with Crippen LogP contribution in [-0.2, 0) is 9.59 Å². The number of piperazine rings is 1. The molecule has 29 heavy (non-hydrogen) atoms. The number of nitrogens with zero attached hydrogens (tertiary/aromatic N) is 4. The molecule has 2 heterocycles. The molecule has 4 amide bonds. The summed E-state index contributed by atoms with van der Waals surface area (Å²) < 4.78 is 43.3. The maximum absolute atomic E-state index is 12.6. The van der Waals surface area contributed by atoms with Crippen LogP contribution in [0.2, 0.25) is 0 Å². The minimum Gasteiger partial charge on any atom is -0.492 e. The van der Waals surface area contributed by atoms with E-state index in [-0.39, 0.29) is 11.6 Å². The average Bonchev–Trinajstić information content (AvgIpc) is 2.86. The highest BCUT2D eigenvalue weighted by Crippen LogP contribution is 2.29. The highest BCUT2D eigenvalue weighted by molar-refractivity contribution is 6.44. The maximum atomic E-state index is 12.6. The zero-order valence-corrected chi connectivity index (χ0v) is 15.8. The molecule has 2 aliphatic heterocycles. The Labute approximate surface area is 165 Å². The third kappa shape index (κ3) is 4.61. The number of imide groups is 2. The predicted molar refractivity (Wildman–Crippen MR) is 96.3 cm³/mol. The van der Waals surface area contributed by atoms with Gasteiger partial charge in [-0.1, -0.05) is 12.1 Å². The summed E-state index contributed by atoms with van der Waals surface area (Å²) in [6.45, 7) is 2.49. The van der Waals surface area contributed by atoms with Gasteiger partial charge in [-0.2, -0.15) is 13.2 Å². The predicted octanol–water partition coefficient (Wildman–Crippen LogP) is 1.52. The van der Waals surface area contributed by atoms with Crippen molar-refractivity contribution in [3.05, 3.63) is 24.3 Å².